The third-order valence-corrected chi connectivity index (χ3v) is 3.27. The Bertz CT molecular complexity index is 785. The van der Waals surface area contributed by atoms with Crippen molar-refractivity contribution < 1.29 is 4.74 Å². The fourth-order valence-corrected chi connectivity index (χ4v) is 2.34. The zero-order valence-corrected chi connectivity index (χ0v) is 11.1. The molecule has 0 aliphatic rings. The van der Waals surface area contributed by atoms with E-state index in [1.807, 2.05) is 35.0 Å². The van der Waals surface area contributed by atoms with Crippen LogP contribution < -0.4 is 4.74 Å². The predicted molar refractivity (Wildman–Crippen MR) is 76.5 cm³/mol. The summed E-state index contributed by atoms with van der Waals surface area (Å²) in [6, 6.07) is 14.3. The second-order valence-corrected chi connectivity index (χ2v) is 4.49. The fourth-order valence-electron chi connectivity index (χ4n) is 2.34. The molecule has 0 unspecified atom stereocenters. The highest BCUT2D eigenvalue weighted by Crippen LogP contribution is 2.26. The first-order chi connectivity index (χ1) is 9.83. The highest BCUT2D eigenvalue weighted by Gasteiger charge is 2.13. The molecule has 0 spiro atoms. The normalized spacial score (nSPS) is 10.4. The lowest BCUT2D eigenvalue weighted by Crippen LogP contribution is -2.01. The van der Waals surface area contributed by atoms with Crippen LogP contribution >= 0.6 is 0 Å². The Labute approximate surface area is 116 Å². The molecule has 2 heterocycles. The molecule has 0 fully saturated rings. The molecule has 3 aromatic rings. The standard InChI is InChI=1S/C16H13N3O/c1-20-16-14(9-17)15-13(10-18-16)7-8-19(15)11-12-5-3-2-4-6-12/h2-8,10H,11H2,1H3. The van der Waals surface area contributed by atoms with Gasteiger partial charge in [0.25, 0.3) is 0 Å². The number of benzene rings is 1. The highest BCUT2D eigenvalue weighted by molar-refractivity contribution is 5.86. The van der Waals surface area contributed by atoms with Crippen molar-refractivity contribution >= 4 is 10.9 Å². The summed E-state index contributed by atoms with van der Waals surface area (Å²) in [5, 5.41) is 10.3. The molecule has 0 bridgehead atoms. The number of methoxy groups -OCH3 is 1. The Balaban J connectivity index is 2.15. The number of hydrogen-bond donors (Lipinski definition) is 0. The van der Waals surface area contributed by atoms with Crippen LogP contribution in [0.3, 0.4) is 0 Å². The third-order valence-electron chi connectivity index (χ3n) is 3.27. The minimum atomic E-state index is 0.369. The van der Waals surface area contributed by atoms with Gasteiger partial charge >= 0.3 is 0 Å². The van der Waals surface area contributed by atoms with Crippen molar-refractivity contribution in [3.63, 3.8) is 0 Å². The number of hydrogen-bond acceptors (Lipinski definition) is 3. The van der Waals surface area contributed by atoms with E-state index in [0.717, 1.165) is 10.9 Å². The summed E-state index contributed by atoms with van der Waals surface area (Å²) in [4.78, 5) is 4.16. The molecule has 0 amide bonds. The quantitative estimate of drug-likeness (QED) is 0.730. The van der Waals surface area contributed by atoms with Crippen molar-refractivity contribution in [2.45, 2.75) is 6.54 Å². The zero-order valence-electron chi connectivity index (χ0n) is 11.1. The number of nitriles is 1. The molecule has 98 valence electrons. The lowest BCUT2D eigenvalue weighted by molar-refractivity contribution is 0.397. The Hall–Kier alpha value is -2.80. The Morgan fingerprint density at radius 2 is 2.05 bits per heavy atom. The lowest BCUT2D eigenvalue weighted by atomic mass is 10.2. The largest absolute Gasteiger partial charge is 0.480 e. The van der Waals surface area contributed by atoms with E-state index in [1.165, 1.54) is 12.7 Å². The first-order valence-electron chi connectivity index (χ1n) is 6.29. The average Bonchev–Trinajstić information content (AvgIpc) is 2.90. The Morgan fingerprint density at radius 3 is 2.75 bits per heavy atom. The topological polar surface area (TPSA) is 50.8 Å². The van der Waals surface area contributed by atoms with Gasteiger partial charge in [-0.05, 0) is 11.6 Å². The van der Waals surface area contributed by atoms with Crippen molar-refractivity contribution in [1.82, 2.24) is 9.55 Å². The van der Waals surface area contributed by atoms with Gasteiger partial charge in [-0.25, -0.2) is 4.98 Å². The Morgan fingerprint density at radius 1 is 1.25 bits per heavy atom. The van der Waals surface area contributed by atoms with E-state index in [0.29, 0.717) is 18.0 Å². The van der Waals surface area contributed by atoms with Gasteiger partial charge in [0.05, 0.1) is 12.6 Å². The van der Waals surface area contributed by atoms with E-state index < -0.39 is 0 Å². The smallest absolute Gasteiger partial charge is 0.233 e. The van der Waals surface area contributed by atoms with E-state index in [-0.39, 0.29) is 0 Å². The molecule has 0 N–H and O–H groups in total. The van der Waals surface area contributed by atoms with E-state index in [9.17, 15) is 5.26 Å². The van der Waals surface area contributed by atoms with Crippen LogP contribution in [0, 0.1) is 11.3 Å². The molecule has 20 heavy (non-hydrogen) atoms. The first kappa shape index (κ1) is 12.2. The van der Waals surface area contributed by atoms with Crippen LogP contribution in [0.5, 0.6) is 5.88 Å². The fraction of sp³-hybridized carbons (Fsp3) is 0.125. The SMILES string of the molecule is COc1ncc2ccn(Cc3ccccc3)c2c1C#N. The van der Waals surface area contributed by atoms with E-state index in [1.54, 1.807) is 6.20 Å². The van der Waals surface area contributed by atoms with Gasteiger partial charge in [0.1, 0.15) is 11.6 Å². The van der Waals surface area contributed by atoms with Crippen LogP contribution in [0.15, 0.2) is 48.8 Å². The lowest BCUT2D eigenvalue weighted by Gasteiger charge is -2.08. The van der Waals surface area contributed by atoms with Crippen LogP contribution in [-0.2, 0) is 6.54 Å². The van der Waals surface area contributed by atoms with E-state index >= 15 is 0 Å². The van der Waals surface area contributed by atoms with Gasteiger partial charge in [-0.1, -0.05) is 30.3 Å². The monoisotopic (exact) mass is 263 g/mol. The number of fused-ring (bicyclic) bond motifs is 1. The van der Waals surface area contributed by atoms with Gasteiger partial charge in [-0.15, -0.1) is 0 Å². The molecule has 1 aromatic carbocycles. The first-order valence-corrected chi connectivity index (χ1v) is 6.29. The summed E-state index contributed by atoms with van der Waals surface area (Å²) in [6.45, 7) is 0.714. The van der Waals surface area contributed by atoms with Crippen molar-refractivity contribution in [3.8, 4) is 11.9 Å². The predicted octanol–water partition coefficient (Wildman–Crippen LogP) is 2.96. The summed E-state index contributed by atoms with van der Waals surface area (Å²) < 4.78 is 7.22. The van der Waals surface area contributed by atoms with Crippen LogP contribution in [-0.4, -0.2) is 16.7 Å². The van der Waals surface area contributed by atoms with Crippen LogP contribution in [0.1, 0.15) is 11.1 Å². The molecule has 0 saturated carbocycles. The summed E-state index contributed by atoms with van der Waals surface area (Å²) in [5.74, 6) is 0.369. The molecule has 0 aliphatic heterocycles. The third kappa shape index (κ3) is 1.99. The van der Waals surface area contributed by atoms with Gasteiger partial charge in [0.2, 0.25) is 5.88 Å². The maximum Gasteiger partial charge on any atom is 0.233 e. The molecule has 0 radical (unpaired) electrons. The number of rotatable bonds is 3. The van der Waals surface area contributed by atoms with Gasteiger partial charge < -0.3 is 9.30 Å². The van der Waals surface area contributed by atoms with Crippen LogP contribution in [0.25, 0.3) is 10.9 Å². The Kier molecular flexibility index (Phi) is 3.10. The van der Waals surface area contributed by atoms with Crippen LogP contribution in [0.4, 0.5) is 0 Å². The number of ether oxygens (including phenoxy) is 1. The van der Waals surface area contributed by atoms with Crippen molar-refractivity contribution in [1.29, 1.82) is 5.26 Å². The van der Waals surface area contributed by atoms with E-state index in [4.69, 9.17) is 4.74 Å². The van der Waals surface area contributed by atoms with Crippen molar-refractivity contribution in [2.75, 3.05) is 7.11 Å². The van der Waals surface area contributed by atoms with Gasteiger partial charge in [-0.3, -0.25) is 0 Å². The molecule has 2 aromatic heterocycles. The number of pyridine rings is 1. The second kappa shape index (κ2) is 5.06. The molecule has 0 saturated heterocycles. The van der Waals surface area contributed by atoms with Crippen LogP contribution in [0.2, 0.25) is 0 Å². The molecular weight excluding hydrogens is 250 g/mol. The minimum Gasteiger partial charge on any atom is -0.480 e. The van der Waals surface area contributed by atoms with E-state index in [2.05, 4.69) is 23.2 Å². The van der Waals surface area contributed by atoms with Crippen molar-refractivity contribution in [2.24, 2.45) is 0 Å². The maximum atomic E-state index is 9.37. The van der Waals surface area contributed by atoms with Gasteiger partial charge in [0, 0.05) is 24.3 Å². The average molecular weight is 263 g/mol. The summed E-state index contributed by atoms with van der Waals surface area (Å²) in [7, 11) is 1.53. The maximum absolute atomic E-state index is 9.37. The molecule has 3 rings (SSSR count). The number of aromatic nitrogens is 2. The number of nitrogens with zero attached hydrogens (tertiary/aromatic N) is 3. The highest BCUT2D eigenvalue weighted by atomic mass is 16.5. The molecule has 0 atom stereocenters. The summed E-state index contributed by atoms with van der Waals surface area (Å²) in [5.41, 5.74) is 2.53. The van der Waals surface area contributed by atoms with Gasteiger partial charge in [0.15, 0.2) is 0 Å². The summed E-state index contributed by atoms with van der Waals surface area (Å²) in [6.07, 6.45) is 3.70. The second-order valence-electron chi connectivity index (χ2n) is 4.49. The van der Waals surface area contributed by atoms with Gasteiger partial charge in [-0.2, -0.15) is 5.26 Å². The molecule has 4 heteroatoms. The molecule has 4 nitrogen and oxygen atoms in total. The zero-order chi connectivity index (χ0) is 13.9. The molecule has 0 aliphatic carbocycles. The van der Waals surface area contributed by atoms with Crippen molar-refractivity contribution in [3.05, 3.63) is 59.9 Å². The minimum absolute atomic E-state index is 0.369. The molecular formula is C16H13N3O. The summed E-state index contributed by atoms with van der Waals surface area (Å²) >= 11 is 0.